The second kappa shape index (κ2) is 7.90. The van der Waals surface area contributed by atoms with Gasteiger partial charge in [-0.3, -0.25) is 0 Å². The molecule has 0 aromatic rings. The molecule has 0 saturated carbocycles. The molecule has 0 amide bonds. The highest BCUT2D eigenvalue weighted by Gasteiger charge is 2.49. The van der Waals surface area contributed by atoms with Crippen molar-refractivity contribution >= 4 is 17.1 Å². The van der Waals surface area contributed by atoms with Crippen LogP contribution in [0.25, 0.3) is 0 Å². The normalized spacial score (nSPS) is 13.9. The van der Waals surface area contributed by atoms with Crippen molar-refractivity contribution < 1.29 is 17.7 Å². The van der Waals surface area contributed by atoms with Gasteiger partial charge in [-0.2, -0.15) is 0 Å². The first-order chi connectivity index (χ1) is 8.72. The first-order valence-corrected chi connectivity index (χ1v) is 11.1. The molecule has 0 bridgehead atoms. The van der Waals surface area contributed by atoms with Gasteiger partial charge in [0, 0.05) is 21.3 Å². The highest BCUT2D eigenvalue weighted by atomic mass is 28.4. The molecule has 6 heteroatoms. The molecule has 4 nitrogen and oxygen atoms in total. The summed E-state index contributed by atoms with van der Waals surface area (Å²) in [7, 11) is 0.349. The van der Waals surface area contributed by atoms with Crippen LogP contribution in [0.15, 0.2) is 0 Å². The third-order valence-corrected chi connectivity index (χ3v) is 12.9. The Balaban J connectivity index is 5.14. The van der Waals surface area contributed by atoms with Crippen LogP contribution in [-0.4, -0.2) is 44.7 Å². The third-order valence-electron chi connectivity index (χ3n) is 4.14. The monoisotopic (exact) mass is 308 g/mol. The minimum atomic E-state index is -2.65. The van der Waals surface area contributed by atoms with E-state index >= 15 is 0 Å². The topological polar surface area (TPSA) is 36.9 Å². The summed E-state index contributed by atoms with van der Waals surface area (Å²) >= 11 is 0. The van der Waals surface area contributed by atoms with Gasteiger partial charge >= 0.3 is 8.80 Å². The van der Waals surface area contributed by atoms with Gasteiger partial charge < -0.3 is 17.7 Å². The van der Waals surface area contributed by atoms with Gasteiger partial charge in [0.15, 0.2) is 8.32 Å². The molecule has 116 valence electrons. The smallest absolute Gasteiger partial charge is 0.412 e. The van der Waals surface area contributed by atoms with Crippen molar-refractivity contribution in [3.05, 3.63) is 0 Å². The Morgan fingerprint density at radius 1 is 0.684 bits per heavy atom. The lowest BCUT2D eigenvalue weighted by Crippen LogP contribution is -2.55. The van der Waals surface area contributed by atoms with E-state index in [1.54, 1.807) is 21.3 Å². The van der Waals surface area contributed by atoms with Crippen molar-refractivity contribution in [2.45, 2.75) is 58.2 Å². The lowest BCUT2D eigenvalue weighted by molar-refractivity contribution is 0.0963. The minimum absolute atomic E-state index is 0.442. The van der Waals surface area contributed by atoms with Crippen molar-refractivity contribution in [1.29, 1.82) is 0 Å². The van der Waals surface area contributed by atoms with Gasteiger partial charge in [0.05, 0.1) is 0 Å². The molecular weight excluding hydrogens is 276 g/mol. The summed E-state index contributed by atoms with van der Waals surface area (Å²) < 4.78 is 22.9. The van der Waals surface area contributed by atoms with Crippen LogP contribution < -0.4 is 0 Å². The van der Waals surface area contributed by atoms with Gasteiger partial charge in [0.2, 0.25) is 0 Å². The van der Waals surface area contributed by atoms with Crippen LogP contribution in [0.4, 0.5) is 0 Å². The second-order valence-corrected chi connectivity index (χ2v) is 14.2. The molecule has 0 saturated heterocycles. The van der Waals surface area contributed by atoms with E-state index in [9.17, 15) is 0 Å². The van der Waals surface area contributed by atoms with Gasteiger partial charge in [-0.05, 0) is 16.6 Å². The van der Waals surface area contributed by atoms with Crippen LogP contribution in [0.5, 0.6) is 0 Å². The summed E-state index contributed by atoms with van der Waals surface area (Å²) in [5.74, 6) is 0. The van der Waals surface area contributed by atoms with E-state index in [0.29, 0.717) is 22.9 Å². The van der Waals surface area contributed by atoms with E-state index in [2.05, 4.69) is 41.5 Å². The van der Waals surface area contributed by atoms with Crippen molar-refractivity contribution in [3.8, 4) is 0 Å². The fourth-order valence-corrected chi connectivity index (χ4v) is 10.7. The molecule has 0 fully saturated rings. The molecular formula is C13H32O4Si2. The van der Waals surface area contributed by atoms with Crippen LogP contribution in [0.1, 0.15) is 41.5 Å². The Kier molecular flexibility index (Phi) is 8.01. The summed E-state index contributed by atoms with van der Waals surface area (Å²) in [5, 5.41) is 0. The molecule has 0 atom stereocenters. The number of rotatable bonds is 9. The van der Waals surface area contributed by atoms with Crippen LogP contribution in [0.3, 0.4) is 0 Å². The predicted molar refractivity (Wildman–Crippen MR) is 83.8 cm³/mol. The van der Waals surface area contributed by atoms with Gasteiger partial charge in [0.1, 0.15) is 6.23 Å². The van der Waals surface area contributed by atoms with E-state index < -0.39 is 17.1 Å². The highest BCUT2D eigenvalue weighted by Crippen LogP contribution is 2.42. The van der Waals surface area contributed by atoms with E-state index in [1.165, 1.54) is 0 Å². The van der Waals surface area contributed by atoms with E-state index in [1.807, 2.05) is 0 Å². The Morgan fingerprint density at radius 3 is 1.21 bits per heavy atom. The molecule has 0 unspecified atom stereocenters. The largest absolute Gasteiger partial charge is 0.525 e. The molecule has 19 heavy (non-hydrogen) atoms. The lowest BCUT2D eigenvalue weighted by atomic mass is 10.5. The highest BCUT2D eigenvalue weighted by molar-refractivity contribution is 6.78. The van der Waals surface area contributed by atoms with Crippen LogP contribution in [0, 0.1) is 0 Å². The van der Waals surface area contributed by atoms with Crippen molar-refractivity contribution in [2.75, 3.05) is 27.6 Å². The molecule has 0 heterocycles. The fourth-order valence-electron chi connectivity index (χ4n) is 3.14. The Bertz CT molecular complexity index is 223. The minimum Gasteiger partial charge on any atom is -0.412 e. The van der Waals surface area contributed by atoms with E-state index in [0.717, 1.165) is 0 Å². The number of hydrogen-bond donors (Lipinski definition) is 0. The molecule has 0 aromatic carbocycles. The van der Waals surface area contributed by atoms with Gasteiger partial charge in [-0.25, -0.2) is 0 Å². The average molecular weight is 309 g/mol. The maximum Gasteiger partial charge on any atom is 0.525 e. The van der Waals surface area contributed by atoms with Crippen molar-refractivity contribution in [1.82, 2.24) is 0 Å². The maximum atomic E-state index is 6.48. The summed E-state index contributed by atoms with van der Waals surface area (Å²) in [6.45, 7) is 13.6. The summed E-state index contributed by atoms with van der Waals surface area (Å²) in [5.41, 5.74) is 1.64. The summed E-state index contributed by atoms with van der Waals surface area (Å²) in [6.07, 6.45) is 0.442. The zero-order chi connectivity index (χ0) is 15.3. The van der Waals surface area contributed by atoms with Crippen molar-refractivity contribution in [3.63, 3.8) is 0 Å². The molecule has 0 N–H and O–H groups in total. The zero-order valence-corrected chi connectivity index (χ0v) is 16.1. The molecule has 0 rings (SSSR count). The molecule has 0 aliphatic carbocycles. The summed E-state index contributed by atoms with van der Waals surface area (Å²) in [4.78, 5) is 0. The number of hydrogen-bond acceptors (Lipinski definition) is 4. The molecule has 0 radical (unpaired) electrons. The maximum absolute atomic E-state index is 6.48. The second-order valence-electron chi connectivity index (χ2n) is 5.90. The quantitative estimate of drug-likeness (QED) is 0.610. The SMILES string of the molecule is CO[Si](CO[Si](C(C)C)(C(C)C)C(C)C)(OC)OC. The first-order valence-electron chi connectivity index (χ1n) is 7.01. The molecule has 0 spiro atoms. The first kappa shape index (κ1) is 19.3. The van der Waals surface area contributed by atoms with Crippen LogP contribution in [0.2, 0.25) is 16.6 Å². The van der Waals surface area contributed by atoms with Crippen molar-refractivity contribution in [2.24, 2.45) is 0 Å². The fraction of sp³-hybridized carbons (Fsp3) is 1.00. The van der Waals surface area contributed by atoms with Gasteiger partial charge in [-0.15, -0.1) is 0 Å². The average Bonchev–Trinajstić information content (AvgIpc) is 2.34. The molecule has 0 aromatic heterocycles. The van der Waals surface area contributed by atoms with E-state index in [-0.39, 0.29) is 0 Å². The zero-order valence-electron chi connectivity index (χ0n) is 14.1. The third kappa shape index (κ3) is 4.12. The van der Waals surface area contributed by atoms with Gasteiger partial charge in [-0.1, -0.05) is 41.5 Å². The lowest BCUT2D eigenvalue weighted by Gasteiger charge is -2.43. The summed E-state index contributed by atoms with van der Waals surface area (Å²) in [6, 6.07) is 0. The predicted octanol–water partition coefficient (Wildman–Crippen LogP) is 3.60. The van der Waals surface area contributed by atoms with E-state index in [4.69, 9.17) is 17.7 Å². The molecule has 0 aliphatic heterocycles. The van der Waals surface area contributed by atoms with Crippen LogP contribution in [-0.2, 0) is 17.7 Å². The Labute approximate surface area is 121 Å². The molecule has 0 aliphatic rings. The Morgan fingerprint density at radius 2 is 1.00 bits per heavy atom. The van der Waals surface area contributed by atoms with Crippen LogP contribution >= 0.6 is 0 Å². The Hall–Kier alpha value is 0.274. The standard InChI is InChI=1S/C13H32O4Si2/c1-11(2)19(12(3)4,13(5)6)17-10-18(14-7,15-8)16-9/h11-13H,10H2,1-9H3. The van der Waals surface area contributed by atoms with Gasteiger partial charge in [0.25, 0.3) is 0 Å².